The van der Waals surface area contributed by atoms with Crippen molar-refractivity contribution < 1.29 is 45.1 Å². The molecule has 0 aliphatic rings. The molecule has 0 heterocycles. The molecule has 0 atom stereocenters. The van der Waals surface area contributed by atoms with Crippen molar-refractivity contribution in [3.63, 3.8) is 0 Å². The molecule has 0 aliphatic heterocycles. The summed E-state index contributed by atoms with van der Waals surface area (Å²) in [7, 11) is 0. The zero-order valence-electron chi connectivity index (χ0n) is 2.92. The second-order valence-electron chi connectivity index (χ2n) is 0.115. The Labute approximate surface area is 52.9 Å². The van der Waals surface area contributed by atoms with E-state index in [9.17, 15) is 0 Å². The first-order valence-electron chi connectivity index (χ1n) is 0.516. The quantitative estimate of drug-likeness (QED) is 0.290. The molecule has 0 bridgehead atoms. The largest absolute Gasteiger partial charge is 1.00 e. The van der Waals surface area contributed by atoms with E-state index in [1.165, 1.54) is 0 Å². The van der Waals surface area contributed by atoms with Crippen LogP contribution in [0, 0.1) is 0 Å². The normalized spacial score (nSPS) is 2.80. The minimum Gasteiger partial charge on any atom is -0.870 e. The number of hydrogen-bond acceptors (Lipinski definition) is 3. The SMILES string of the molecule is O[B]O.[Na+].[OH-]. The first-order valence-corrected chi connectivity index (χ1v) is 0.516. The molecular formula is H3BNaO3. The summed E-state index contributed by atoms with van der Waals surface area (Å²) in [5, 5.41) is 14.0. The molecule has 3 N–H and O–H groups in total. The number of rotatable bonds is 0. The molecule has 0 aromatic rings. The van der Waals surface area contributed by atoms with Crippen LogP contribution in [0.3, 0.4) is 0 Å². The minimum absolute atomic E-state index is 0. The molecule has 0 saturated heterocycles. The van der Waals surface area contributed by atoms with Crippen molar-refractivity contribution >= 4 is 7.69 Å². The van der Waals surface area contributed by atoms with Crippen LogP contribution in [-0.4, -0.2) is 23.2 Å². The zero-order valence-corrected chi connectivity index (χ0v) is 4.92. The van der Waals surface area contributed by atoms with Crippen LogP contribution in [0.4, 0.5) is 0 Å². The molecular weight excluding hydrogens is 81.8 g/mol. The fourth-order valence-corrected chi connectivity index (χ4v) is 0. The predicted molar refractivity (Wildman–Crippen MR) is 12.1 cm³/mol. The maximum Gasteiger partial charge on any atom is 1.00 e. The molecule has 3 nitrogen and oxygen atoms in total. The van der Waals surface area contributed by atoms with E-state index in [0.717, 1.165) is 0 Å². The van der Waals surface area contributed by atoms with Gasteiger partial charge in [-0.25, -0.2) is 0 Å². The van der Waals surface area contributed by atoms with E-state index in [1.54, 1.807) is 0 Å². The average Bonchev–Trinajstić information content (AvgIpc) is 0.918. The van der Waals surface area contributed by atoms with Crippen molar-refractivity contribution in [1.82, 2.24) is 0 Å². The van der Waals surface area contributed by atoms with E-state index >= 15 is 0 Å². The maximum atomic E-state index is 7.00. The van der Waals surface area contributed by atoms with Gasteiger partial charge in [0.1, 0.15) is 0 Å². The van der Waals surface area contributed by atoms with E-state index in [0.29, 0.717) is 0 Å². The van der Waals surface area contributed by atoms with E-state index in [-0.39, 0.29) is 42.7 Å². The van der Waals surface area contributed by atoms with Gasteiger partial charge < -0.3 is 15.5 Å². The molecule has 5 heavy (non-hydrogen) atoms. The van der Waals surface area contributed by atoms with E-state index < -0.39 is 0 Å². The second-order valence-corrected chi connectivity index (χ2v) is 0.115. The Kier molecular flexibility index (Phi) is 68.2. The molecule has 25 valence electrons. The molecule has 0 unspecified atom stereocenters. The third kappa shape index (κ3) is 48.0. The predicted octanol–water partition coefficient (Wildman–Crippen LogP) is -4.67. The van der Waals surface area contributed by atoms with Gasteiger partial charge in [0.15, 0.2) is 0 Å². The van der Waals surface area contributed by atoms with Gasteiger partial charge in [-0.2, -0.15) is 0 Å². The van der Waals surface area contributed by atoms with Crippen molar-refractivity contribution in [2.75, 3.05) is 0 Å². The molecule has 1 radical (unpaired) electrons. The van der Waals surface area contributed by atoms with Crippen LogP contribution in [0.15, 0.2) is 0 Å². The molecule has 0 aromatic carbocycles. The first-order chi connectivity index (χ1) is 1.41. The van der Waals surface area contributed by atoms with E-state index in [1.807, 2.05) is 0 Å². The Morgan fingerprint density at radius 1 is 1.20 bits per heavy atom. The Balaban J connectivity index is -0.0000000200. The average molecular weight is 84.8 g/mol. The third-order valence-electron chi connectivity index (χ3n) is 0. The van der Waals surface area contributed by atoms with Crippen molar-refractivity contribution in [2.24, 2.45) is 0 Å². The number of hydrogen-bond donors (Lipinski definition) is 2. The van der Waals surface area contributed by atoms with Crippen LogP contribution in [0.2, 0.25) is 0 Å². The fraction of sp³-hybridized carbons (Fsp3) is 0. The molecule has 0 aromatic heterocycles. The maximum absolute atomic E-state index is 7.00. The van der Waals surface area contributed by atoms with Crippen molar-refractivity contribution in [1.29, 1.82) is 0 Å². The Morgan fingerprint density at radius 2 is 1.20 bits per heavy atom. The van der Waals surface area contributed by atoms with E-state index in [4.69, 9.17) is 10.0 Å². The van der Waals surface area contributed by atoms with Crippen LogP contribution in [-0.2, 0) is 0 Å². The van der Waals surface area contributed by atoms with Gasteiger partial charge in [0, 0.05) is 0 Å². The van der Waals surface area contributed by atoms with Crippen LogP contribution in [0.25, 0.3) is 0 Å². The fourth-order valence-electron chi connectivity index (χ4n) is 0. The van der Waals surface area contributed by atoms with Crippen molar-refractivity contribution in [3.05, 3.63) is 0 Å². The standard InChI is InChI=1S/BH2O2.Na.H2O/c2-1-3;;/h2-3H;;1H2/q;+1;/p-1. The molecule has 0 saturated carbocycles. The summed E-state index contributed by atoms with van der Waals surface area (Å²) in [6.07, 6.45) is 0. The minimum atomic E-state index is 0. The summed E-state index contributed by atoms with van der Waals surface area (Å²) < 4.78 is 0. The van der Waals surface area contributed by atoms with Gasteiger partial charge in [-0.05, 0) is 0 Å². The van der Waals surface area contributed by atoms with Crippen molar-refractivity contribution in [2.45, 2.75) is 0 Å². The summed E-state index contributed by atoms with van der Waals surface area (Å²) in [6.45, 7) is 0. The molecule has 5 heteroatoms. The monoisotopic (exact) mass is 85.0 g/mol. The molecule has 0 aliphatic carbocycles. The van der Waals surface area contributed by atoms with E-state index in [2.05, 4.69) is 0 Å². The first kappa shape index (κ1) is 16.8. The summed E-state index contributed by atoms with van der Waals surface area (Å²) in [5.41, 5.74) is 0. The summed E-state index contributed by atoms with van der Waals surface area (Å²) in [5.74, 6) is 0. The molecule has 0 fully saturated rings. The van der Waals surface area contributed by atoms with Gasteiger partial charge >= 0.3 is 37.2 Å². The van der Waals surface area contributed by atoms with Crippen LogP contribution < -0.4 is 29.6 Å². The molecule has 0 amide bonds. The smallest absolute Gasteiger partial charge is 0.870 e. The second kappa shape index (κ2) is 20.3. The Bertz CT molecular complexity index is 6.85. The van der Waals surface area contributed by atoms with Crippen molar-refractivity contribution in [3.8, 4) is 0 Å². The Morgan fingerprint density at radius 3 is 1.20 bits per heavy atom. The van der Waals surface area contributed by atoms with Crippen LogP contribution in [0.1, 0.15) is 0 Å². The Hall–Kier alpha value is 0.945. The van der Waals surface area contributed by atoms with Crippen LogP contribution >= 0.6 is 0 Å². The van der Waals surface area contributed by atoms with Gasteiger partial charge in [0.05, 0.1) is 0 Å². The van der Waals surface area contributed by atoms with Gasteiger partial charge in [-0.15, -0.1) is 0 Å². The summed E-state index contributed by atoms with van der Waals surface area (Å²) in [6, 6.07) is 0. The zero-order chi connectivity index (χ0) is 2.71. The third-order valence-corrected chi connectivity index (χ3v) is 0. The van der Waals surface area contributed by atoms with Gasteiger partial charge in [-0.3, -0.25) is 0 Å². The van der Waals surface area contributed by atoms with Gasteiger partial charge in [-0.1, -0.05) is 0 Å². The summed E-state index contributed by atoms with van der Waals surface area (Å²) in [4.78, 5) is 0. The van der Waals surface area contributed by atoms with Gasteiger partial charge in [0.2, 0.25) is 0 Å². The van der Waals surface area contributed by atoms with Crippen LogP contribution in [0.5, 0.6) is 0 Å². The topological polar surface area (TPSA) is 70.5 Å². The summed E-state index contributed by atoms with van der Waals surface area (Å²) >= 11 is 0. The molecule has 0 spiro atoms. The van der Waals surface area contributed by atoms with Gasteiger partial charge in [0.25, 0.3) is 0 Å². The molecule has 0 rings (SSSR count).